The molecule has 1 atom stereocenters. The Morgan fingerprint density at radius 2 is 1.83 bits per heavy atom. The van der Waals surface area contributed by atoms with Gasteiger partial charge in [0.1, 0.15) is 5.75 Å². The first-order valence-electron chi connectivity index (χ1n) is 11.1. The van der Waals surface area contributed by atoms with Gasteiger partial charge < -0.3 is 14.6 Å². The number of halogens is 1. The minimum absolute atomic E-state index is 0.296. The predicted octanol–water partition coefficient (Wildman–Crippen LogP) is 3.30. The number of fused-ring (bicyclic) bond motifs is 1. The fourth-order valence-electron chi connectivity index (χ4n) is 3.78. The van der Waals surface area contributed by atoms with Crippen LogP contribution in [0.15, 0.2) is 69.6 Å². The van der Waals surface area contributed by atoms with Crippen LogP contribution in [0.25, 0.3) is 6.08 Å². The number of thiazole rings is 1. The molecule has 1 aliphatic heterocycles. The summed E-state index contributed by atoms with van der Waals surface area (Å²) in [5, 5.41) is 9.29. The molecule has 0 aliphatic carbocycles. The van der Waals surface area contributed by atoms with Gasteiger partial charge in [0.15, 0.2) is 11.4 Å². The molecule has 0 unspecified atom stereocenters. The highest BCUT2D eigenvalue weighted by atomic mass is 35.5. The van der Waals surface area contributed by atoms with Crippen molar-refractivity contribution in [3.63, 3.8) is 0 Å². The summed E-state index contributed by atoms with van der Waals surface area (Å²) in [6.07, 6.45) is 1.38. The van der Waals surface area contributed by atoms with Gasteiger partial charge in [0.25, 0.3) is 5.56 Å². The average molecular weight is 527 g/mol. The second-order valence-corrected chi connectivity index (χ2v) is 9.78. The number of hydrogen-bond acceptors (Lipinski definition) is 7. The number of nitrogens with zero attached hydrogens (tertiary/aromatic N) is 2. The van der Waals surface area contributed by atoms with Gasteiger partial charge in [-0.15, -0.1) is 0 Å². The lowest BCUT2D eigenvalue weighted by Gasteiger charge is -2.25. The number of hydrogen-bond donors (Lipinski definition) is 1. The summed E-state index contributed by atoms with van der Waals surface area (Å²) in [6, 6.07) is 13.0. The topological polar surface area (TPSA) is 107 Å². The molecule has 1 aliphatic rings. The molecule has 36 heavy (non-hydrogen) atoms. The standard InChI is InChI=1S/C26H23ClN2O6S/c1-14(2)35-25(33)22-15(3)28-26-29(23(22)17-6-8-18(27)9-7-17)24(32)20(36-26)12-16-4-10-19(11-5-16)34-13-21(30)31/h4-12,14,23H,13H2,1-3H3,(H,30,31)/b20-12-/t23-/m0/s1. The second kappa shape index (κ2) is 10.5. The van der Waals surface area contributed by atoms with E-state index in [9.17, 15) is 14.4 Å². The van der Waals surface area contributed by atoms with E-state index >= 15 is 0 Å². The summed E-state index contributed by atoms with van der Waals surface area (Å²) in [4.78, 5) is 42.4. The van der Waals surface area contributed by atoms with Crippen molar-refractivity contribution in [3.8, 4) is 5.75 Å². The Labute approximate surface area is 215 Å². The van der Waals surface area contributed by atoms with Crippen LogP contribution < -0.4 is 19.6 Å². The molecule has 0 radical (unpaired) electrons. The van der Waals surface area contributed by atoms with Crippen molar-refractivity contribution in [2.75, 3.05) is 6.61 Å². The summed E-state index contributed by atoms with van der Waals surface area (Å²) in [7, 11) is 0. The van der Waals surface area contributed by atoms with E-state index in [1.807, 2.05) is 0 Å². The largest absolute Gasteiger partial charge is 0.482 e. The van der Waals surface area contributed by atoms with Crippen molar-refractivity contribution >= 4 is 41.0 Å². The lowest BCUT2D eigenvalue weighted by molar-refractivity contribution is -0.143. The number of carboxylic acids is 1. The molecule has 1 N–H and O–H groups in total. The quantitative estimate of drug-likeness (QED) is 0.473. The van der Waals surface area contributed by atoms with Crippen molar-refractivity contribution < 1.29 is 24.2 Å². The fourth-order valence-corrected chi connectivity index (χ4v) is 4.95. The van der Waals surface area contributed by atoms with E-state index < -0.39 is 24.6 Å². The number of carbonyl (C=O) groups is 2. The molecule has 1 aromatic heterocycles. The molecule has 10 heteroatoms. The molecule has 0 bridgehead atoms. The van der Waals surface area contributed by atoms with Crippen LogP contribution in [0.1, 0.15) is 37.9 Å². The normalized spacial score (nSPS) is 15.5. The maximum atomic E-state index is 13.6. The summed E-state index contributed by atoms with van der Waals surface area (Å²) in [5.74, 6) is -1.19. The molecule has 0 amide bonds. The molecular weight excluding hydrogens is 504 g/mol. The highest BCUT2D eigenvalue weighted by molar-refractivity contribution is 7.07. The predicted molar refractivity (Wildman–Crippen MR) is 136 cm³/mol. The lowest BCUT2D eigenvalue weighted by atomic mass is 9.96. The van der Waals surface area contributed by atoms with Crippen molar-refractivity contribution in [1.29, 1.82) is 0 Å². The second-order valence-electron chi connectivity index (χ2n) is 8.34. The van der Waals surface area contributed by atoms with Crippen LogP contribution in [0.4, 0.5) is 0 Å². The Bertz CT molecular complexity index is 1520. The van der Waals surface area contributed by atoms with Gasteiger partial charge in [-0.1, -0.05) is 47.2 Å². The Morgan fingerprint density at radius 3 is 2.44 bits per heavy atom. The highest BCUT2D eigenvalue weighted by Gasteiger charge is 2.33. The van der Waals surface area contributed by atoms with Crippen LogP contribution in [-0.4, -0.2) is 34.3 Å². The Kier molecular flexibility index (Phi) is 7.42. The van der Waals surface area contributed by atoms with E-state index in [0.717, 1.165) is 5.56 Å². The van der Waals surface area contributed by atoms with Gasteiger partial charge in [-0.05, 0) is 62.2 Å². The maximum Gasteiger partial charge on any atom is 0.341 e. The Morgan fingerprint density at radius 1 is 1.17 bits per heavy atom. The minimum Gasteiger partial charge on any atom is -0.482 e. The Hall–Kier alpha value is -3.69. The number of rotatable bonds is 7. The smallest absolute Gasteiger partial charge is 0.341 e. The van der Waals surface area contributed by atoms with E-state index in [4.69, 9.17) is 26.2 Å². The zero-order chi connectivity index (χ0) is 26.0. The lowest BCUT2D eigenvalue weighted by Crippen LogP contribution is -2.40. The maximum absolute atomic E-state index is 13.6. The number of allylic oxidation sites excluding steroid dienone is 1. The molecule has 4 rings (SSSR count). The van der Waals surface area contributed by atoms with E-state index in [1.165, 1.54) is 15.9 Å². The summed E-state index contributed by atoms with van der Waals surface area (Å²) in [6.45, 7) is 4.81. The number of carbonyl (C=O) groups excluding carboxylic acids is 1. The van der Waals surface area contributed by atoms with Crippen LogP contribution in [0.5, 0.6) is 5.75 Å². The fraction of sp³-hybridized carbons (Fsp3) is 0.231. The van der Waals surface area contributed by atoms with Crippen molar-refractivity contribution in [3.05, 3.63) is 95.6 Å². The monoisotopic (exact) mass is 526 g/mol. The van der Waals surface area contributed by atoms with Crippen molar-refractivity contribution in [2.24, 2.45) is 4.99 Å². The van der Waals surface area contributed by atoms with Gasteiger partial charge in [0.05, 0.1) is 27.9 Å². The molecule has 0 fully saturated rings. The van der Waals surface area contributed by atoms with Crippen LogP contribution in [0.2, 0.25) is 5.02 Å². The van der Waals surface area contributed by atoms with Gasteiger partial charge in [0.2, 0.25) is 0 Å². The number of esters is 1. The SMILES string of the molecule is CC1=C(C(=O)OC(C)C)[C@H](c2ccc(Cl)cc2)n2c(s/c(=C\c3ccc(OCC(=O)O)cc3)c2=O)=N1. The molecule has 3 aromatic rings. The zero-order valence-electron chi connectivity index (χ0n) is 19.7. The first-order chi connectivity index (χ1) is 17.1. The van der Waals surface area contributed by atoms with Gasteiger partial charge in [-0.3, -0.25) is 9.36 Å². The number of carboxylic acid groups (broad SMARTS) is 1. The van der Waals surface area contributed by atoms with Crippen molar-refractivity contribution in [2.45, 2.75) is 32.9 Å². The van der Waals surface area contributed by atoms with Crippen molar-refractivity contribution in [1.82, 2.24) is 4.57 Å². The van der Waals surface area contributed by atoms with E-state index in [0.29, 0.717) is 36.9 Å². The number of benzene rings is 2. The molecule has 186 valence electrons. The number of ether oxygens (including phenoxy) is 2. The molecule has 2 aromatic carbocycles. The summed E-state index contributed by atoms with van der Waals surface area (Å²) < 4.78 is 12.6. The molecule has 8 nitrogen and oxygen atoms in total. The molecule has 0 saturated heterocycles. The van der Waals surface area contributed by atoms with Crippen LogP contribution >= 0.6 is 22.9 Å². The minimum atomic E-state index is -1.07. The number of aromatic nitrogens is 1. The van der Waals surface area contributed by atoms with E-state index in [1.54, 1.807) is 75.4 Å². The molecular formula is C26H23ClN2O6S. The van der Waals surface area contributed by atoms with Gasteiger partial charge in [0, 0.05) is 5.02 Å². The molecule has 0 saturated carbocycles. The average Bonchev–Trinajstić information content (AvgIpc) is 3.12. The van der Waals surface area contributed by atoms with E-state index in [2.05, 4.69) is 4.99 Å². The first-order valence-corrected chi connectivity index (χ1v) is 12.3. The zero-order valence-corrected chi connectivity index (χ0v) is 21.3. The highest BCUT2D eigenvalue weighted by Crippen LogP contribution is 2.31. The van der Waals surface area contributed by atoms with Gasteiger partial charge >= 0.3 is 11.9 Å². The third-order valence-corrected chi connectivity index (χ3v) is 6.55. The van der Waals surface area contributed by atoms with Gasteiger partial charge in [-0.25, -0.2) is 14.6 Å². The third-order valence-electron chi connectivity index (χ3n) is 5.31. The Balaban J connectivity index is 1.81. The van der Waals surface area contributed by atoms with Crippen LogP contribution in [0.3, 0.4) is 0 Å². The summed E-state index contributed by atoms with van der Waals surface area (Å²) in [5.41, 5.74) is 1.91. The number of aliphatic carboxylic acids is 1. The summed E-state index contributed by atoms with van der Waals surface area (Å²) >= 11 is 7.30. The van der Waals surface area contributed by atoms with Crippen LogP contribution in [0, 0.1) is 0 Å². The first kappa shape index (κ1) is 25.4. The van der Waals surface area contributed by atoms with Gasteiger partial charge in [-0.2, -0.15) is 0 Å². The molecule has 0 spiro atoms. The van der Waals surface area contributed by atoms with Crippen LogP contribution in [-0.2, 0) is 14.3 Å². The third kappa shape index (κ3) is 5.42. The molecule has 2 heterocycles. The van der Waals surface area contributed by atoms with E-state index in [-0.39, 0.29) is 11.7 Å².